The quantitative estimate of drug-likeness (QED) is 0.490. The van der Waals surface area contributed by atoms with E-state index in [0.29, 0.717) is 5.92 Å². The normalized spacial score (nSPS) is 43.2. The molecule has 0 unspecified atom stereocenters. The van der Waals surface area contributed by atoms with Crippen LogP contribution in [0.2, 0.25) is 0 Å². The van der Waals surface area contributed by atoms with Crippen molar-refractivity contribution in [3.8, 4) is 0 Å². The Morgan fingerprint density at radius 1 is 1.67 bits per heavy atom. The van der Waals surface area contributed by atoms with Crippen LogP contribution in [0.5, 0.6) is 0 Å². The van der Waals surface area contributed by atoms with Crippen molar-refractivity contribution in [3.05, 3.63) is 12.2 Å². The summed E-state index contributed by atoms with van der Waals surface area (Å²) in [6.07, 6.45) is 5.99. The van der Waals surface area contributed by atoms with Gasteiger partial charge in [-0.25, -0.2) is 0 Å². The molecule has 0 saturated heterocycles. The minimum atomic E-state index is -0.530. The van der Waals surface area contributed by atoms with E-state index in [4.69, 9.17) is 0 Å². The summed E-state index contributed by atoms with van der Waals surface area (Å²) >= 11 is 0. The zero-order chi connectivity index (χ0) is 6.91. The van der Waals surface area contributed by atoms with E-state index >= 15 is 0 Å². The van der Waals surface area contributed by atoms with Crippen LogP contribution in [0.15, 0.2) is 12.2 Å². The van der Waals surface area contributed by atoms with Gasteiger partial charge in [0, 0.05) is 0 Å². The van der Waals surface area contributed by atoms with Gasteiger partial charge in [-0.3, -0.25) is 0 Å². The van der Waals surface area contributed by atoms with Gasteiger partial charge in [0.15, 0.2) is 0 Å². The van der Waals surface area contributed by atoms with Gasteiger partial charge in [0.2, 0.25) is 0 Å². The van der Waals surface area contributed by atoms with Gasteiger partial charge in [0.1, 0.15) is 0 Å². The molecule has 0 fully saturated rings. The maximum Gasteiger partial charge on any atom is 0.0802 e. The predicted octanol–water partition coefficient (Wildman–Crippen LogP) is 1.72. The van der Waals surface area contributed by atoms with Crippen LogP contribution in [0.4, 0.5) is 0 Å². The molecule has 1 aliphatic carbocycles. The molecule has 0 heterocycles. The Balaban J connectivity index is 2.60. The average Bonchev–Trinajstić information content (AvgIpc) is 1.60. The minimum Gasteiger partial charge on any atom is -0.386 e. The van der Waals surface area contributed by atoms with Gasteiger partial charge in [0.25, 0.3) is 0 Å². The topological polar surface area (TPSA) is 20.2 Å². The first-order chi connectivity index (χ1) is 4.10. The van der Waals surface area contributed by atoms with Crippen LogP contribution in [-0.4, -0.2) is 10.7 Å². The lowest BCUT2D eigenvalue weighted by atomic mass is 9.86. The number of rotatable bonds is 0. The Morgan fingerprint density at radius 3 is 2.67 bits per heavy atom. The second-order valence-electron chi connectivity index (χ2n) is 3.30. The molecule has 1 N–H and O–H groups in total. The summed E-state index contributed by atoms with van der Waals surface area (Å²) in [6, 6.07) is 0. The SMILES string of the molecule is C[C@@H]1CC=C[C@](C)(O)C1. The van der Waals surface area contributed by atoms with Gasteiger partial charge in [-0.1, -0.05) is 19.1 Å². The van der Waals surface area contributed by atoms with E-state index in [2.05, 4.69) is 13.0 Å². The highest BCUT2D eigenvalue weighted by Gasteiger charge is 2.22. The van der Waals surface area contributed by atoms with Crippen molar-refractivity contribution in [1.29, 1.82) is 0 Å². The lowest BCUT2D eigenvalue weighted by Gasteiger charge is -2.26. The van der Waals surface area contributed by atoms with Crippen LogP contribution >= 0.6 is 0 Å². The molecule has 0 aliphatic heterocycles. The summed E-state index contributed by atoms with van der Waals surface area (Å²) in [7, 11) is 0. The van der Waals surface area contributed by atoms with Crippen molar-refractivity contribution >= 4 is 0 Å². The van der Waals surface area contributed by atoms with E-state index in [9.17, 15) is 5.11 Å². The van der Waals surface area contributed by atoms with Crippen LogP contribution in [0, 0.1) is 5.92 Å². The Kier molecular flexibility index (Phi) is 1.62. The van der Waals surface area contributed by atoms with E-state index in [1.807, 2.05) is 13.0 Å². The van der Waals surface area contributed by atoms with Crippen LogP contribution in [0.1, 0.15) is 26.7 Å². The number of hydrogen-bond donors (Lipinski definition) is 1. The third-order valence-electron chi connectivity index (χ3n) is 1.78. The highest BCUT2D eigenvalue weighted by atomic mass is 16.3. The monoisotopic (exact) mass is 126 g/mol. The van der Waals surface area contributed by atoms with Gasteiger partial charge >= 0.3 is 0 Å². The standard InChI is InChI=1S/C8H14O/c1-7-4-3-5-8(2,9)6-7/h3,5,7,9H,4,6H2,1-2H3/t7-,8+/m1/s1. The smallest absolute Gasteiger partial charge is 0.0802 e. The Hall–Kier alpha value is -0.300. The third-order valence-corrected chi connectivity index (χ3v) is 1.78. The average molecular weight is 126 g/mol. The lowest BCUT2D eigenvalue weighted by molar-refractivity contribution is 0.0785. The molecule has 1 nitrogen and oxygen atoms in total. The van der Waals surface area contributed by atoms with E-state index in [1.54, 1.807) is 0 Å². The summed E-state index contributed by atoms with van der Waals surface area (Å²) in [5.74, 6) is 0.644. The van der Waals surface area contributed by atoms with Gasteiger partial charge in [0.05, 0.1) is 5.60 Å². The molecule has 0 radical (unpaired) electrons. The molecule has 0 aromatic rings. The van der Waals surface area contributed by atoms with E-state index in [-0.39, 0.29) is 0 Å². The van der Waals surface area contributed by atoms with Gasteiger partial charge < -0.3 is 5.11 Å². The lowest BCUT2D eigenvalue weighted by Crippen LogP contribution is -2.26. The molecule has 0 saturated carbocycles. The molecule has 1 rings (SSSR count). The number of allylic oxidation sites excluding steroid dienone is 1. The first-order valence-electron chi connectivity index (χ1n) is 3.50. The molecule has 9 heavy (non-hydrogen) atoms. The van der Waals surface area contributed by atoms with Crippen LogP contribution in [0.25, 0.3) is 0 Å². The molecule has 0 spiro atoms. The van der Waals surface area contributed by atoms with Crippen LogP contribution in [-0.2, 0) is 0 Å². The third kappa shape index (κ3) is 1.83. The molecule has 0 aromatic carbocycles. The summed E-state index contributed by atoms with van der Waals surface area (Å²) in [4.78, 5) is 0. The zero-order valence-corrected chi connectivity index (χ0v) is 6.09. The summed E-state index contributed by atoms with van der Waals surface area (Å²) < 4.78 is 0. The van der Waals surface area contributed by atoms with Crippen molar-refractivity contribution < 1.29 is 5.11 Å². The number of hydrogen-bond acceptors (Lipinski definition) is 1. The van der Waals surface area contributed by atoms with Gasteiger partial charge in [-0.15, -0.1) is 0 Å². The summed E-state index contributed by atoms with van der Waals surface area (Å²) in [6.45, 7) is 4.02. The maximum atomic E-state index is 9.46. The van der Waals surface area contributed by atoms with E-state index in [0.717, 1.165) is 12.8 Å². The first-order valence-corrected chi connectivity index (χ1v) is 3.50. The Morgan fingerprint density at radius 2 is 2.33 bits per heavy atom. The maximum absolute atomic E-state index is 9.46. The predicted molar refractivity (Wildman–Crippen MR) is 38.2 cm³/mol. The molecule has 0 amide bonds. The van der Waals surface area contributed by atoms with Crippen molar-refractivity contribution in [2.75, 3.05) is 0 Å². The molecule has 0 bridgehead atoms. The molecule has 2 atom stereocenters. The van der Waals surface area contributed by atoms with Crippen molar-refractivity contribution in [3.63, 3.8) is 0 Å². The number of aliphatic hydroxyl groups is 1. The highest BCUT2D eigenvalue weighted by Crippen LogP contribution is 2.25. The Bertz CT molecular complexity index is 125. The van der Waals surface area contributed by atoms with Gasteiger partial charge in [-0.2, -0.15) is 0 Å². The molecular weight excluding hydrogens is 112 g/mol. The van der Waals surface area contributed by atoms with Crippen molar-refractivity contribution in [2.45, 2.75) is 32.3 Å². The van der Waals surface area contributed by atoms with Gasteiger partial charge in [-0.05, 0) is 25.7 Å². The fraction of sp³-hybridized carbons (Fsp3) is 0.750. The van der Waals surface area contributed by atoms with Crippen LogP contribution in [0.3, 0.4) is 0 Å². The molecule has 52 valence electrons. The van der Waals surface area contributed by atoms with E-state index in [1.165, 1.54) is 0 Å². The van der Waals surface area contributed by atoms with Crippen molar-refractivity contribution in [2.24, 2.45) is 5.92 Å². The zero-order valence-electron chi connectivity index (χ0n) is 6.09. The van der Waals surface area contributed by atoms with E-state index < -0.39 is 5.60 Å². The largest absolute Gasteiger partial charge is 0.386 e. The summed E-state index contributed by atoms with van der Waals surface area (Å²) in [5, 5.41) is 9.46. The molecule has 0 aromatic heterocycles. The molecule has 1 aliphatic rings. The second-order valence-corrected chi connectivity index (χ2v) is 3.30. The molecular formula is C8H14O. The Labute approximate surface area is 56.4 Å². The summed E-state index contributed by atoms with van der Waals surface area (Å²) in [5.41, 5.74) is -0.530. The van der Waals surface area contributed by atoms with Crippen molar-refractivity contribution in [1.82, 2.24) is 0 Å². The second kappa shape index (κ2) is 2.14. The fourth-order valence-corrected chi connectivity index (χ4v) is 1.41. The van der Waals surface area contributed by atoms with Crippen LogP contribution < -0.4 is 0 Å². The highest BCUT2D eigenvalue weighted by molar-refractivity contribution is 5.03. The fourth-order valence-electron chi connectivity index (χ4n) is 1.41. The minimum absolute atomic E-state index is 0.530. The first kappa shape index (κ1) is 6.81. The molecule has 1 heteroatoms.